The fraction of sp³-hybridized carbons (Fsp3) is 0.286. The highest BCUT2D eigenvalue weighted by Gasteiger charge is 2.35. The third kappa shape index (κ3) is 5.54. The monoisotopic (exact) mass is 484 g/mol. The molecule has 1 nitrogen and oxygen atoms in total. The van der Waals surface area contributed by atoms with Crippen molar-refractivity contribution in [2.24, 2.45) is 0 Å². The Balaban J connectivity index is 2.62. The molecule has 2 rings (SSSR count). The maximum absolute atomic E-state index is 14.9. The van der Waals surface area contributed by atoms with Crippen LogP contribution in [0.3, 0.4) is 0 Å². The van der Waals surface area contributed by atoms with Crippen molar-refractivity contribution in [3.8, 4) is 0 Å². The van der Waals surface area contributed by atoms with Crippen molar-refractivity contribution in [1.82, 2.24) is 0 Å². The minimum absolute atomic E-state index is 0.0207. The summed E-state index contributed by atoms with van der Waals surface area (Å²) in [6.45, 7) is 3.34. The number of halogens is 8. The zero-order chi connectivity index (χ0) is 23.0. The first-order valence-electron chi connectivity index (χ1n) is 8.56. The van der Waals surface area contributed by atoms with Crippen LogP contribution in [0.15, 0.2) is 36.4 Å². The van der Waals surface area contributed by atoms with E-state index >= 15 is 0 Å². The van der Waals surface area contributed by atoms with Crippen molar-refractivity contribution >= 4 is 46.4 Å². The number of benzene rings is 2. The third-order valence-electron chi connectivity index (χ3n) is 4.40. The summed E-state index contributed by atoms with van der Waals surface area (Å²) in [6, 6.07) is 5.06. The summed E-state index contributed by atoms with van der Waals surface area (Å²) in [5.41, 5.74) is -4.15. The molecule has 0 spiro atoms. The molecule has 0 aliphatic heterocycles. The smallest absolute Gasteiger partial charge is 0.294 e. The predicted molar refractivity (Wildman–Crippen MR) is 110 cm³/mol. The van der Waals surface area contributed by atoms with Crippen LogP contribution in [0.5, 0.6) is 0 Å². The van der Waals surface area contributed by atoms with E-state index in [4.69, 9.17) is 34.8 Å². The number of Topliss-reactive ketones (excluding diaryl/α,β-unsaturated/α-hetero) is 1. The average molecular weight is 486 g/mol. The molecule has 0 saturated carbocycles. The first-order chi connectivity index (χ1) is 13.6. The van der Waals surface area contributed by atoms with Crippen LogP contribution in [0.4, 0.5) is 22.0 Å². The summed E-state index contributed by atoms with van der Waals surface area (Å²) < 4.78 is 69.7. The molecule has 0 fully saturated rings. The molecule has 0 bridgehead atoms. The summed E-state index contributed by atoms with van der Waals surface area (Å²) in [5.74, 6) is -3.16. The Labute approximate surface area is 185 Å². The fourth-order valence-corrected chi connectivity index (χ4v) is 3.54. The first kappa shape index (κ1) is 24.6. The largest absolute Gasteiger partial charge is 0.417 e. The molecule has 0 aromatic heterocycles. The van der Waals surface area contributed by atoms with Crippen LogP contribution in [0.2, 0.25) is 15.1 Å². The van der Waals surface area contributed by atoms with Crippen molar-refractivity contribution in [2.75, 3.05) is 0 Å². The summed E-state index contributed by atoms with van der Waals surface area (Å²) >= 11 is 17.8. The number of hydrogen-bond donors (Lipinski definition) is 0. The van der Waals surface area contributed by atoms with E-state index in [-0.39, 0.29) is 20.6 Å². The van der Waals surface area contributed by atoms with Crippen molar-refractivity contribution in [1.29, 1.82) is 0 Å². The SMILES string of the molecule is CC(=O)c1ccc(/C(F)=C/C(c2cc(Cl)c(Cl)c(Cl)c2)C(C)(C)F)cc1C(F)(F)F. The predicted octanol–water partition coefficient (Wildman–Crippen LogP) is 8.71. The Morgan fingerprint density at radius 2 is 1.53 bits per heavy atom. The molecule has 0 radical (unpaired) electrons. The minimum atomic E-state index is -4.87. The summed E-state index contributed by atoms with van der Waals surface area (Å²) in [4.78, 5) is 11.5. The van der Waals surface area contributed by atoms with Crippen LogP contribution in [-0.2, 0) is 6.18 Å². The van der Waals surface area contributed by atoms with Crippen molar-refractivity contribution in [3.63, 3.8) is 0 Å². The van der Waals surface area contributed by atoms with E-state index < -0.39 is 46.1 Å². The van der Waals surface area contributed by atoms with Crippen molar-refractivity contribution in [2.45, 2.75) is 38.5 Å². The number of allylic oxidation sites excluding steroid dienone is 1. The van der Waals surface area contributed by atoms with E-state index in [1.807, 2.05) is 0 Å². The van der Waals surface area contributed by atoms with Gasteiger partial charge in [0, 0.05) is 17.0 Å². The molecule has 30 heavy (non-hydrogen) atoms. The molecule has 0 N–H and O–H groups in total. The van der Waals surface area contributed by atoms with Gasteiger partial charge in [0.2, 0.25) is 0 Å². The molecule has 0 heterocycles. The van der Waals surface area contributed by atoms with Gasteiger partial charge in [-0.05, 0) is 50.6 Å². The van der Waals surface area contributed by atoms with Crippen LogP contribution in [-0.4, -0.2) is 11.5 Å². The second kappa shape index (κ2) is 8.85. The minimum Gasteiger partial charge on any atom is -0.294 e. The zero-order valence-electron chi connectivity index (χ0n) is 16.0. The van der Waals surface area contributed by atoms with Gasteiger partial charge >= 0.3 is 6.18 Å². The Hall–Kier alpha value is -1.63. The molecule has 9 heteroatoms. The molecule has 0 amide bonds. The average Bonchev–Trinajstić information content (AvgIpc) is 2.61. The Morgan fingerprint density at radius 3 is 1.97 bits per heavy atom. The standard InChI is InChI=1S/C21H16Cl3F5O/c1-10(30)13-5-4-11(6-15(13)21(27,28)29)18(25)9-14(20(2,3)26)12-7-16(22)19(24)17(23)8-12/h4-9,14H,1-3H3/b18-9-. The second-order valence-electron chi connectivity index (χ2n) is 7.17. The van der Waals surface area contributed by atoms with Gasteiger partial charge in [0.1, 0.15) is 11.5 Å². The number of carbonyl (C=O) groups excluding carboxylic acids is 1. The molecule has 2 aromatic rings. The number of hydrogen-bond acceptors (Lipinski definition) is 1. The number of alkyl halides is 4. The van der Waals surface area contributed by atoms with Crippen LogP contribution >= 0.6 is 34.8 Å². The quantitative estimate of drug-likeness (QED) is 0.235. The van der Waals surface area contributed by atoms with Gasteiger partial charge in [-0.15, -0.1) is 0 Å². The molecule has 0 aliphatic rings. The maximum Gasteiger partial charge on any atom is 0.417 e. The Kier molecular flexibility index (Phi) is 7.27. The van der Waals surface area contributed by atoms with Gasteiger partial charge in [-0.1, -0.05) is 46.9 Å². The van der Waals surface area contributed by atoms with E-state index in [0.29, 0.717) is 6.07 Å². The van der Waals surface area contributed by atoms with Gasteiger partial charge in [-0.3, -0.25) is 4.79 Å². The second-order valence-corrected chi connectivity index (χ2v) is 8.36. The lowest BCUT2D eigenvalue weighted by Gasteiger charge is -2.25. The topological polar surface area (TPSA) is 17.1 Å². The van der Waals surface area contributed by atoms with Crippen LogP contribution in [0, 0.1) is 0 Å². The molecular weight excluding hydrogens is 470 g/mol. The lowest BCUT2D eigenvalue weighted by molar-refractivity contribution is -0.137. The van der Waals surface area contributed by atoms with Crippen molar-refractivity contribution < 1.29 is 26.7 Å². The lowest BCUT2D eigenvalue weighted by Crippen LogP contribution is -2.22. The summed E-state index contributed by atoms with van der Waals surface area (Å²) in [6.07, 6.45) is -4.02. The summed E-state index contributed by atoms with van der Waals surface area (Å²) in [7, 11) is 0. The Morgan fingerprint density at radius 1 is 1.00 bits per heavy atom. The van der Waals surface area contributed by atoms with Crippen molar-refractivity contribution in [3.05, 3.63) is 73.7 Å². The van der Waals surface area contributed by atoms with Crippen LogP contribution < -0.4 is 0 Å². The molecular formula is C21H16Cl3F5O. The van der Waals surface area contributed by atoms with E-state index in [1.54, 1.807) is 0 Å². The number of carbonyl (C=O) groups is 1. The fourth-order valence-electron chi connectivity index (χ4n) is 2.92. The number of ketones is 1. The Bertz CT molecular complexity index is 984. The normalized spacial score (nSPS) is 14.0. The van der Waals surface area contributed by atoms with Gasteiger partial charge in [0.25, 0.3) is 0 Å². The summed E-state index contributed by atoms with van der Waals surface area (Å²) in [5, 5.41) is 0.0800. The third-order valence-corrected chi connectivity index (χ3v) is 5.59. The molecule has 162 valence electrons. The highest BCUT2D eigenvalue weighted by molar-refractivity contribution is 6.48. The molecule has 0 saturated heterocycles. The molecule has 1 unspecified atom stereocenters. The van der Waals surface area contributed by atoms with Crippen LogP contribution in [0.1, 0.15) is 53.7 Å². The van der Waals surface area contributed by atoms with Gasteiger partial charge < -0.3 is 0 Å². The van der Waals surface area contributed by atoms with Crippen LogP contribution in [0.25, 0.3) is 5.83 Å². The van der Waals surface area contributed by atoms with E-state index in [1.165, 1.54) is 26.0 Å². The lowest BCUT2D eigenvalue weighted by atomic mass is 9.85. The maximum atomic E-state index is 14.9. The first-order valence-corrected chi connectivity index (χ1v) is 9.69. The molecule has 1 atom stereocenters. The zero-order valence-corrected chi connectivity index (χ0v) is 18.2. The highest BCUT2D eigenvalue weighted by atomic mass is 35.5. The highest BCUT2D eigenvalue weighted by Crippen LogP contribution is 2.41. The van der Waals surface area contributed by atoms with Gasteiger partial charge in [-0.25, -0.2) is 8.78 Å². The molecule has 2 aromatic carbocycles. The van der Waals surface area contributed by atoms with E-state index in [9.17, 15) is 26.7 Å². The number of rotatable bonds is 5. The van der Waals surface area contributed by atoms with Gasteiger partial charge in [0.15, 0.2) is 5.78 Å². The van der Waals surface area contributed by atoms with Gasteiger partial charge in [0.05, 0.1) is 20.6 Å². The van der Waals surface area contributed by atoms with E-state index in [0.717, 1.165) is 25.1 Å². The van der Waals surface area contributed by atoms with E-state index in [2.05, 4.69) is 0 Å². The van der Waals surface area contributed by atoms with Gasteiger partial charge in [-0.2, -0.15) is 13.2 Å². The molecule has 0 aliphatic carbocycles.